The summed E-state index contributed by atoms with van der Waals surface area (Å²) in [7, 11) is -5.09. The standard InChI is InChI=1S/C41H44F3O6P/c1-28-26-33(21-24-35(28)37(46)47)40(25-11-14-29-12-9-8-10-13-29,36(45)31-17-22-34(42)23-18-31)27-30-15-19-32(20-16-30)41(43,44)51(48,49-38(2,3)4)50-39(5,6)7/h8-24,26H,25,27H2,1-7H3,(H,46,47)/b14-11+. The Morgan fingerprint density at radius 3 is 1.84 bits per heavy atom. The molecule has 0 aliphatic heterocycles. The molecule has 51 heavy (non-hydrogen) atoms. The maximum Gasteiger partial charge on any atom is 0.405 e. The fourth-order valence-corrected chi connectivity index (χ4v) is 7.99. The fraction of sp³-hybridized carbons (Fsp3) is 0.317. The van der Waals surface area contributed by atoms with Crippen molar-refractivity contribution in [2.45, 2.75) is 83.6 Å². The maximum atomic E-state index is 16.2. The minimum absolute atomic E-state index is 0.00527. The normalized spacial score (nSPS) is 14.0. The predicted octanol–water partition coefficient (Wildman–Crippen LogP) is 11.2. The molecule has 6 nitrogen and oxygen atoms in total. The number of hydrogen-bond acceptors (Lipinski definition) is 5. The molecule has 1 unspecified atom stereocenters. The van der Waals surface area contributed by atoms with E-state index in [0.29, 0.717) is 16.7 Å². The summed E-state index contributed by atoms with van der Waals surface area (Å²) in [6.07, 6.45) is 3.81. The second-order valence-electron chi connectivity index (χ2n) is 14.6. The van der Waals surface area contributed by atoms with Crippen molar-refractivity contribution in [2.75, 3.05) is 0 Å². The predicted molar refractivity (Wildman–Crippen MR) is 194 cm³/mol. The van der Waals surface area contributed by atoms with Crippen molar-refractivity contribution >= 4 is 25.4 Å². The first-order valence-corrected chi connectivity index (χ1v) is 18.1. The third kappa shape index (κ3) is 9.53. The molecule has 4 aromatic rings. The minimum atomic E-state index is -5.09. The molecule has 0 radical (unpaired) electrons. The van der Waals surface area contributed by atoms with E-state index in [1.54, 1.807) is 19.1 Å². The van der Waals surface area contributed by atoms with Crippen LogP contribution in [0.5, 0.6) is 0 Å². The first kappa shape index (κ1) is 39.5. The summed E-state index contributed by atoms with van der Waals surface area (Å²) in [5, 5.41) is 9.74. The molecule has 10 heteroatoms. The van der Waals surface area contributed by atoms with Gasteiger partial charge in [0.25, 0.3) is 0 Å². The van der Waals surface area contributed by atoms with Crippen LogP contribution in [0, 0.1) is 12.7 Å². The number of ketones is 1. The van der Waals surface area contributed by atoms with Gasteiger partial charge in [-0.15, -0.1) is 0 Å². The van der Waals surface area contributed by atoms with Gasteiger partial charge in [-0.05, 0) is 114 Å². The lowest BCUT2D eigenvalue weighted by atomic mass is 9.67. The largest absolute Gasteiger partial charge is 0.478 e. The molecule has 0 fully saturated rings. The van der Waals surface area contributed by atoms with Gasteiger partial charge in [0.05, 0.1) is 22.2 Å². The van der Waals surface area contributed by atoms with E-state index in [1.807, 2.05) is 42.5 Å². The van der Waals surface area contributed by atoms with Gasteiger partial charge in [0.15, 0.2) is 5.78 Å². The number of aryl methyl sites for hydroxylation is 1. The average Bonchev–Trinajstić information content (AvgIpc) is 3.03. The molecular formula is C41H44F3O6P. The van der Waals surface area contributed by atoms with Crippen LogP contribution >= 0.6 is 7.60 Å². The highest BCUT2D eigenvalue weighted by molar-refractivity contribution is 7.54. The number of carbonyl (C=O) groups is 2. The van der Waals surface area contributed by atoms with Crippen molar-refractivity contribution in [3.05, 3.63) is 148 Å². The Bertz CT molecular complexity index is 1910. The Morgan fingerprint density at radius 1 is 0.784 bits per heavy atom. The third-order valence-corrected chi connectivity index (χ3v) is 10.6. The SMILES string of the molecule is Cc1cc(C(C/C=C/c2ccccc2)(Cc2ccc(C(F)(F)P(=O)(OC(C)(C)C)OC(C)(C)C)cc2)C(=O)c2ccc(F)cc2)ccc1C(=O)O. The number of Topliss-reactive ketones (excluding diaryl/α,β-unsaturated/α-hetero) is 1. The molecule has 4 aromatic carbocycles. The summed E-state index contributed by atoms with van der Waals surface area (Å²) in [5.41, 5.74) is -5.89. The van der Waals surface area contributed by atoms with Crippen molar-refractivity contribution in [3.63, 3.8) is 0 Å². The molecule has 0 saturated carbocycles. The van der Waals surface area contributed by atoms with Gasteiger partial charge in [-0.3, -0.25) is 18.4 Å². The van der Waals surface area contributed by atoms with Gasteiger partial charge in [0, 0.05) is 11.1 Å². The molecule has 0 aromatic heterocycles. The highest BCUT2D eigenvalue weighted by atomic mass is 31.2. The Balaban J connectivity index is 1.87. The van der Waals surface area contributed by atoms with Crippen molar-refractivity contribution < 1.29 is 41.5 Å². The van der Waals surface area contributed by atoms with Crippen LogP contribution in [-0.2, 0) is 31.1 Å². The number of carboxylic acid groups (broad SMARTS) is 1. The Kier molecular flexibility index (Phi) is 11.7. The van der Waals surface area contributed by atoms with Crippen LogP contribution in [0.2, 0.25) is 0 Å². The van der Waals surface area contributed by atoms with Crippen LogP contribution in [0.15, 0.2) is 103 Å². The van der Waals surface area contributed by atoms with Crippen LogP contribution in [0.4, 0.5) is 13.2 Å². The number of allylic oxidation sites excluding steroid dienone is 1. The van der Waals surface area contributed by atoms with E-state index in [9.17, 15) is 23.7 Å². The van der Waals surface area contributed by atoms with Crippen LogP contribution in [0.25, 0.3) is 6.08 Å². The molecule has 0 aliphatic rings. The zero-order chi connectivity index (χ0) is 37.8. The Hall–Kier alpha value is -4.30. The van der Waals surface area contributed by atoms with E-state index in [0.717, 1.165) is 17.7 Å². The number of rotatable bonds is 13. The number of carboxylic acids is 1. The van der Waals surface area contributed by atoms with Gasteiger partial charge in [-0.2, -0.15) is 8.78 Å². The zero-order valence-corrected chi connectivity index (χ0v) is 30.8. The Morgan fingerprint density at radius 2 is 1.33 bits per heavy atom. The van der Waals surface area contributed by atoms with Gasteiger partial charge in [-0.1, -0.05) is 78.9 Å². The zero-order valence-electron chi connectivity index (χ0n) is 29.9. The quantitative estimate of drug-likeness (QED) is 0.109. The summed E-state index contributed by atoms with van der Waals surface area (Å²) in [5.74, 6) is -2.03. The van der Waals surface area contributed by atoms with E-state index < -0.39 is 47.2 Å². The van der Waals surface area contributed by atoms with Crippen molar-refractivity contribution in [3.8, 4) is 0 Å². The monoisotopic (exact) mass is 720 g/mol. The molecule has 0 saturated heterocycles. The second kappa shape index (κ2) is 15.1. The smallest absolute Gasteiger partial charge is 0.405 e. The highest BCUT2D eigenvalue weighted by Crippen LogP contribution is 2.69. The molecule has 270 valence electrons. The van der Waals surface area contributed by atoms with Gasteiger partial charge in [0.1, 0.15) is 5.82 Å². The van der Waals surface area contributed by atoms with Crippen molar-refractivity contribution in [1.29, 1.82) is 0 Å². The van der Waals surface area contributed by atoms with E-state index in [-0.39, 0.29) is 29.8 Å². The first-order valence-electron chi connectivity index (χ1n) is 16.5. The van der Waals surface area contributed by atoms with E-state index in [4.69, 9.17) is 9.05 Å². The molecule has 0 heterocycles. The average molecular weight is 721 g/mol. The Labute approximate surface area is 297 Å². The number of carbonyl (C=O) groups excluding carboxylic acids is 1. The number of alkyl halides is 2. The number of halogens is 3. The lowest BCUT2D eigenvalue weighted by molar-refractivity contribution is -0.0213. The van der Waals surface area contributed by atoms with E-state index >= 15 is 8.78 Å². The number of benzene rings is 4. The minimum Gasteiger partial charge on any atom is -0.478 e. The van der Waals surface area contributed by atoms with Gasteiger partial charge in [-0.25, -0.2) is 9.18 Å². The first-order chi connectivity index (χ1) is 23.7. The molecule has 4 rings (SSSR count). The molecule has 1 atom stereocenters. The van der Waals surface area contributed by atoms with Crippen molar-refractivity contribution in [1.82, 2.24) is 0 Å². The molecule has 0 bridgehead atoms. The summed E-state index contributed by atoms with van der Waals surface area (Å²) in [4.78, 5) is 26.6. The second-order valence-corrected chi connectivity index (χ2v) is 16.5. The lowest BCUT2D eigenvalue weighted by Crippen LogP contribution is -2.38. The van der Waals surface area contributed by atoms with E-state index in [2.05, 4.69) is 0 Å². The number of hydrogen-bond donors (Lipinski definition) is 1. The molecule has 0 amide bonds. The fourth-order valence-electron chi connectivity index (χ4n) is 5.82. The molecule has 1 N–H and O–H groups in total. The lowest BCUT2D eigenvalue weighted by Gasteiger charge is -2.36. The molecule has 0 aliphatic carbocycles. The number of aromatic carboxylic acids is 1. The van der Waals surface area contributed by atoms with Crippen LogP contribution in [-0.4, -0.2) is 28.1 Å². The molecular weight excluding hydrogens is 676 g/mol. The topological polar surface area (TPSA) is 89.9 Å². The van der Waals surface area contributed by atoms with Gasteiger partial charge in [0.2, 0.25) is 0 Å². The summed E-state index contributed by atoms with van der Waals surface area (Å²) in [6, 6.07) is 24.4. The van der Waals surface area contributed by atoms with Crippen LogP contribution in [0.3, 0.4) is 0 Å². The van der Waals surface area contributed by atoms with E-state index in [1.165, 1.54) is 84.0 Å². The summed E-state index contributed by atoms with van der Waals surface area (Å²) in [6.45, 7) is 10.7. The van der Waals surface area contributed by atoms with Crippen LogP contribution in [0.1, 0.15) is 96.5 Å². The van der Waals surface area contributed by atoms with Crippen molar-refractivity contribution in [2.24, 2.45) is 0 Å². The van der Waals surface area contributed by atoms with Crippen LogP contribution < -0.4 is 0 Å². The van der Waals surface area contributed by atoms with Gasteiger partial charge >= 0.3 is 19.2 Å². The highest BCUT2D eigenvalue weighted by Gasteiger charge is 2.58. The summed E-state index contributed by atoms with van der Waals surface area (Å²) >= 11 is 0. The third-order valence-electron chi connectivity index (χ3n) is 8.07. The van der Waals surface area contributed by atoms with Gasteiger partial charge < -0.3 is 5.11 Å². The summed E-state index contributed by atoms with van der Waals surface area (Å²) < 4.78 is 71.2. The molecule has 0 spiro atoms. The maximum absolute atomic E-state index is 16.2.